The number of furan rings is 1. The molecule has 0 aliphatic heterocycles. The summed E-state index contributed by atoms with van der Waals surface area (Å²) in [5, 5.41) is 4.64. The molecule has 0 atom stereocenters. The predicted molar refractivity (Wildman–Crippen MR) is 196 cm³/mol. The number of benzene rings is 6. The third-order valence-corrected chi connectivity index (χ3v) is 9.22. The molecule has 0 saturated carbocycles. The largest absolute Gasteiger partial charge is 0.454 e. The van der Waals surface area contributed by atoms with Crippen molar-refractivity contribution in [2.24, 2.45) is 0 Å². The van der Waals surface area contributed by atoms with Gasteiger partial charge in [0.25, 0.3) is 0 Å². The minimum atomic E-state index is 0.624. The maximum absolute atomic E-state index is 6.71. The zero-order chi connectivity index (χ0) is 32.0. The predicted octanol–water partition coefficient (Wildman–Crippen LogP) is 11.2. The van der Waals surface area contributed by atoms with Crippen molar-refractivity contribution in [1.82, 2.24) is 19.5 Å². The normalized spacial score (nSPS) is 11.7. The van der Waals surface area contributed by atoms with Gasteiger partial charge in [0, 0.05) is 43.9 Å². The lowest BCUT2D eigenvalue weighted by atomic mass is 10.0. The molecule has 0 aliphatic rings. The van der Waals surface area contributed by atoms with Crippen LogP contribution in [0.5, 0.6) is 0 Å². The molecule has 0 saturated heterocycles. The highest BCUT2D eigenvalue weighted by atomic mass is 16.3. The van der Waals surface area contributed by atoms with Gasteiger partial charge in [-0.25, -0.2) is 15.0 Å². The van der Waals surface area contributed by atoms with E-state index in [0.717, 1.165) is 67.2 Å². The Balaban J connectivity index is 1.27. The van der Waals surface area contributed by atoms with Crippen molar-refractivity contribution >= 4 is 43.7 Å². The van der Waals surface area contributed by atoms with Gasteiger partial charge >= 0.3 is 0 Å². The molecule has 0 bridgehead atoms. The molecule has 0 unspecified atom stereocenters. The molecule has 6 aromatic carbocycles. The topological polar surface area (TPSA) is 56.7 Å². The first-order chi connectivity index (χ1) is 23.7. The van der Waals surface area contributed by atoms with Crippen LogP contribution < -0.4 is 0 Å². The molecular weight excluding hydrogens is 589 g/mol. The van der Waals surface area contributed by atoms with Gasteiger partial charge in [-0.1, -0.05) is 116 Å². The summed E-state index contributed by atoms with van der Waals surface area (Å²) in [7, 11) is 0. The lowest BCUT2D eigenvalue weighted by Gasteiger charge is -2.11. The Kier molecular flexibility index (Phi) is 6.82. The Morgan fingerprint density at radius 1 is 0.542 bits per heavy atom. The number of hydrogen-bond donors (Lipinski definition) is 0. The first kappa shape index (κ1) is 28.2. The molecule has 0 fully saturated rings. The average molecular weight is 621 g/mol. The highest BCUT2D eigenvalue weighted by molar-refractivity contribution is 6.21. The van der Waals surface area contributed by atoms with Crippen molar-refractivity contribution in [3.63, 3.8) is 0 Å². The number of rotatable bonds is 7. The van der Waals surface area contributed by atoms with E-state index in [9.17, 15) is 0 Å². The van der Waals surface area contributed by atoms with Gasteiger partial charge in [-0.05, 0) is 54.8 Å². The van der Waals surface area contributed by atoms with E-state index in [1.807, 2.05) is 60.7 Å². The van der Waals surface area contributed by atoms with E-state index >= 15 is 0 Å². The van der Waals surface area contributed by atoms with Gasteiger partial charge in [-0.2, -0.15) is 0 Å². The molecule has 9 aromatic rings. The summed E-state index contributed by atoms with van der Waals surface area (Å²) in [5.74, 6) is 1.91. The van der Waals surface area contributed by atoms with E-state index in [0.29, 0.717) is 17.5 Å². The van der Waals surface area contributed by atoms with E-state index in [2.05, 4.69) is 90.4 Å². The zero-order valence-corrected chi connectivity index (χ0v) is 26.6. The molecule has 0 spiro atoms. The van der Waals surface area contributed by atoms with E-state index in [1.165, 1.54) is 23.8 Å². The van der Waals surface area contributed by atoms with Gasteiger partial charge in [0.05, 0.1) is 11.0 Å². The Hall–Kier alpha value is -6.07. The van der Waals surface area contributed by atoms with Crippen LogP contribution in [0, 0.1) is 0 Å². The van der Waals surface area contributed by atoms with Crippen molar-refractivity contribution in [1.29, 1.82) is 0 Å². The van der Waals surface area contributed by atoms with Crippen molar-refractivity contribution in [2.45, 2.75) is 26.2 Å². The molecule has 0 amide bonds. The van der Waals surface area contributed by atoms with Crippen molar-refractivity contribution in [3.8, 4) is 39.9 Å². The lowest BCUT2D eigenvalue weighted by molar-refractivity contribution is 0.670. The van der Waals surface area contributed by atoms with Gasteiger partial charge in [0.2, 0.25) is 0 Å². The van der Waals surface area contributed by atoms with Crippen LogP contribution in [0.15, 0.2) is 144 Å². The summed E-state index contributed by atoms with van der Waals surface area (Å²) in [5.41, 5.74) is 9.15. The molecule has 3 aromatic heterocycles. The summed E-state index contributed by atoms with van der Waals surface area (Å²) in [4.78, 5) is 14.9. The van der Waals surface area contributed by atoms with Gasteiger partial charge in [-0.15, -0.1) is 0 Å². The molecular formula is C43H32N4O. The molecule has 5 heteroatoms. The van der Waals surface area contributed by atoms with E-state index < -0.39 is 0 Å². The maximum atomic E-state index is 6.71. The van der Waals surface area contributed by atoms with Crippen LogP contribution in [0.4, 0.5) is 0 Å². The van der Waals surface area contributed by atoms with Crippen molar-refractivity contribution in [3.05, 3.63) is 145 Å². The SMILES string of the molecule is CCCCc1ccc2oc3c(ccc4c5ccccc5n(-c5cccc(-c6nc(-c7ccccc7)nc(-c7ccccc7)n6)c5)c43)c2c1. The van der Waals surface area contributed by atoms with Crippen LogP contribution in [-0.4, -0.2) is 19.5 Å². The number of nitrogens with zero attached hydrogens (tertiary/aromatic N) is 4. The highest BCUT2D eigenvalue weighted by Gasteiger charge is 2.20. The second-order valence-electron chi connectivity index (χ2n) is 12.3. The second kappa shape index (κ2) is 11.6. The van der Waals surface area contributed by atoms with Gasteiger partial charge in [0.15, 0.2) is 23.1 Å². The zero-order valence-electron chi connectivity index (χ0n) is 26.6. The minimum Gasteiger partial charge on any atom is -0.454 e. The van der Waals surface area contributed by atoms with E-state index in [4.69, 9.17) is 19.4 Å². The third-order valence-electron chi connectivity index (χ3n) is 9.22. The van der Waals surface area contributed by atoms with Gasteiger partial charge in [-0.3, -0.25) is 0 Å². The van der Waals surface area contributed by atoms with Crippen molar-refractivity contribution in [2.75, 3.05) is 0 Å². The van der Waals surface area contributed by atoms with Crippen LogP contribution >= 0.6 is 0 Å². The molecule has 0 N–H and O–H groups in total. The molecule has 5 nitrogen and oxygen atoms in total. The fourth-order valence-corrected chi connectivity index (χ4v) is 6.86. The molecule has 230 valence electrons. The highest BCUT2D eigenvalue weighted by Crippen LogP contribution is 2.41. The number of unbranched alkanes of at least 4 members (excludes halogenated alkanes) is 1. The maximum Gasteiger partial charge on any atom is 0.164 e. The number of aryl methyl sites for hydroxylation is 1. The van der Waals surface area contributed by atoms with Crippen LogP contribution in [0.25, 0.3) is 83.6 Å². The number of hydrogen-bond acceptors (Lipinski definition) is 4. The van der Waals surface area contributed by atoms with Gasteiger partial charge < -0.3 is 8.98 Å². The Morgan fingerprint density at radius 2 is 1.19 bits per heavy atom. The Morgan fingerprint density at radius 3 is 1.92 bits per heavy atom. The minimum absolute atomic E-state index is 0.624. The molecule has 0 radical (unpaired) electrons. The smallest absolute Gasteiger partial charge is 0.164 e. The fourth-order valence-electron chi connectivity index (χ4n) is 6.86. The summed E-state index contributed by atoms with van der Waals surface area (Å²) < 4.78 is 9.04. The van der Waals surface area contributed by atoms with Crippen LogP contribution in [-0.2, 0) is 6.42 Å². The monoisotopic (exact) mass is 620 g/mol. The van der Waals surface area contributed by atoms with Crippen LogP contribution in [0.3, 0.4) is 0 Å². The molecule has 9 rings (SSSR count). The summed E-state index contributed by atoms with van der Waals surface area (Å²) in [6.45, 7) is 2.24. The Bertz CT molecular complexity index is 2540. The van der Waals surface area contributed by atoms with E-state index in [-0.39, 0.29) is 0 Å². The van der Waals surface area contributed by atoms with Crippen LogP contribution in [0.2, 0.25) is 0 Å². The third kappa shape index (κ3) is 4.75. The van der Waals surface area contributed by atoms with Crippen LogP contribution in [0.1, 0.15) is 25.3 Å². The number of aromatic nitrogens is 4. The first-order valence-electron chi connectivity index (χ1n) is 16.6. The molecule has 3 heterocycles. The molecule has 0 aliphatic carbocycles. The average Bonchev–Trinajstić information content (AvgIpc) is 3.70. The number of fused-ring (bicyclic) bond motifs is 7. The Labute approximate surface area is 278 Å². The fraction of sp³-hybridized carbons (Fsp3) is 0.0930. The quantitative estimate of drug-likeness (QED) is 0.178. The number of para-hydroxylation sites is 1. The van der Waals surface area contributed by atoms with Crippen molar-refractivity contribution < 1.29 is 4.42 Å². The molecule has 48 heavy (non-hydrogen) atoms. The first-order valence-corrected chi connectivity index (χ1v) is 16.6. The second-order valence-corrected chi connectivity index (χ2v) is 12.3. The summed E-state index contributed by atoms with van der Waals surface area (Å²) >= 11 is 0. The summed E-state index contributed by atoms with van der Waals surface area (Å²) in [6.07, 6.45) is 3.43. The summed E-state index contributed by atoms with van der Waals surface area (Å²) in [6, 6.07) is 48.4. The van der Waals surface area contributed by atoms with Gasteiger partial charge in [0.1, 0.15) is 5.58 Å². The van der Waals surface area contributed by atoms with E-state index in [1.54, 1.807) is 0 Å². The lowest BCUT2D eigenvalue weighted by Crippen LogP contribution is -2.01. The standard InChI is InChI=1S/C43H32N4O/c1-2-3-13-28-22-25-38-36(26-28)35-24-23-34-33-20-10-11-21-37(33)47(39(34)40(35)48-38)32-19-12-18-31(27-32)43-45-41(29-14-6-4-7-15-29)44-42(46-43)30-16-8-5-9-17-30/h4-12,14-27H,2-3,13H2,1H3.